The average Bonchev–Trinajstić information content (AvgIpc) is 2.80. The fraction of sp³-hybridized carbons (Fsp3) is 0.385. The zero-order chi connectivity index (χ0) is 13.2. The lowest BCUT2D eigenvalue weighted by molar-refractivity contribution is 0.284. The van der Waals surface area contributed by atoms with Crippen LogP contribution in [0.25, 0.3) is 11.4 Å². The van der Waals surface area contributed by atoms with Crippen LogP contribution in [0.15, 0.2) is 33.3 Å². The molecular formula is C13H16BrN3O. The molecule has 1 heterocycles. The fourth-order valence-electron chi connectivity index (χ4n) is 1.80. The number of hydrogen-bond acceptors (Lipinski definition) is 4. The van der Waals surface area contributed by atoms with Gasteiger partial charge in [0.2, 0.25) is 11.7 Å². The Labute approximate surface area is 115 Å². The molecule has 0 radical (unpaired) electrons. The maximum atomic E-state index is 6.16. The molecule has 0 amide bonds. The predicted octanol–water partition coefficient (Wildman–Crippen LogP) is 3.47. The minimum atomic E-state index is -0.560. The van der Waals surface area contributed by atoms with Crippen LogP contribution in [0.5, 0.6) is 0 Å². The molecule has 1 aromatic heterocycles. The minimum Gasteiger partial charge on any atom is -0.337 e. The van der Waals surface area contributed by atoms with Crippen LogP contribution in [0.1, 0.15) is 32.6 Å². The summed E-state index contributed by atoms with van der Waals surface area (Å²) < 4.78 is 6.29. The van der Waals surface area contributed by atoms with Gasteiger partial charge in [0.25, 0.3) is 0 Å². The molecule has 0 saturated heterocycles. The molecule has 18 heavy (non-hydrogen) atoms. The highest BCUT2D eigenvalue weighted by atomic mass is 79.9. The first-order valence-electron chi connectivity index (χ1n) is 5.92. The van der Waals surface area contributed by atoms with Gasteiger partial charge in [-0.3, -0.25) is 0 Å². The highest BCUT2D eigenvalue weighted by molar-refractivity contribution is 9.10. The first-order valence-corrected chi connectivity index (χ1v) is 6.71. The highest BCUT2D eigenvalue weighted by Gasteiger charge is 2.27. The zero-order valence-electron chi connectivity index (χ0n) is 10.5. The number of benzene rings is 1. The molecule has 2 rings (SSSR count). The molecule has 1 aromatic carbocycles. The Balaban J connectivity index is 2.28. The van der Waals surface area contributed by atoms with Crippen molar-refractivity contribution in [1.29, 1.82) is 0 Å². The van der Waals surface area contributed by atoms with Crippen LogP contribution in [0.3, 0.4) is 0 Å². The molecular weight excluding hydrogens is 294 g/mol. The van der Waals surface area contributed by atoms with E-state index in [1.165, 1.54) is 0 Å². The van der Waals surface area contributed by atoms with E-state index in [1.807, 2.05) is 31.2 Å². The van der Waals surface area contributed by atoms with E-state index in [-0.39, 0.29) is 0 Å². The van der Waals surface area contributed by atoms with Gasteiger partial charge >= 0.3 is 0 Å². The lowest BCUT2D eigenvalue weighted by Gasteiger charge is -2.18. The van der Waals surface area contributed by atoms with E-state index in [9.17, 15) is 0 Å². The molecule has 2 N–H and O–H groups in total. The molecule has 4 nitrogen and oxygen atoms in total. The number of nitrogens with two attached hydrogens (primary N) is 1. The third-order valence-electron chi connectivity index (χ3n) is 2.79. The predicted molar refractivity (Wildman–Crippen MR) is 73.9 cm³/mol. The summed E-state index contributed by atoms with van der Waals surface area (Å²) in [7, 11) is 0. The first kappa shape index (κ1) is 13.2. The van der Waals surface area contributed by atoms with Crippen molar-refractivity contribution in [2.75, 3.05) is 0 Å². The van der Waals surface area contributed by atoms with Crippen LogP contribution in [0.4, 0.5) is 0 Å². The van der Waals surface area contributed by atoms with E-state index < -0.39 is 5.54 Å². The molecule has 5 heteroatoms. The van der Waals surface area contributed by atoms with Crippen LogP contribution in [0, 0.1) is 0 Å². The van der Waals surface area contributed by atoms with Crippen molar-refractivity contribution in [2.45, 2.75) is 32.2 Å². The van der Waals surface area contributed by atoms with Crippen molar-refractivity contribution < 1.29 is 4.52 Å². The SMILES string of the molecule is CCCC(C)(N)c1nc(-c2ccc(Br)cc2)no1. The summed E-state index contributed by atoms with van der Waals surface area (Å²) in [5, 5.41) is 3.98. The van der Waals surface area contributed by atoms with Gasteiger partial charge in [0.05, 0.1) is 5.54 Å². The molecule has 0 spiro atoms. The Morgan fingerprint density at radius 2 is 2.00 bits per heavy atom. The molecule has 0 aliphatic carbocycles. The van der Waals surface area contributed by atoms with E-state index in [2.05, 4.69) is 33.0 Å². The summed E-state index contributed by atoms with van der Waals surface area (Å²) in [6, 6.07) is 7.76. The van der Waals surface area contributed by atoms with Crippen LogP contribution in [-0.2, 0) is 5.54 Å². The zero-order valence-corrected chi connectivity index (χ0v) is 12.1. The molecule has 1 atom stereocenters. The normalized spacial score (nSPS) is 14.4. The van der Waals surface area contributed by atoms with Gasteiger partial charge in [-0.15, -0.1) is 0 Å². The van der Waals surface area contributed by atoms with E-state index in [0.29, 0.717) is 11.7 Å². The van der Waals surface area contributed by atoms with Crippen LogP contribution in [0.2, 0.25) is 0 Å². The van der Waals surface area contributed by atoms with Crippen LogP contribution < -0.4 is 5.73 Å². The summed E-state index contributed by atoms with van der Waals surface area (Å²) in [4.78, 5) is 4.38. The van der Waals surface area contributed by atoms with Crippen molar-refractivity contribution >= 4 is 15.9 Å². The van der Waals surface area contributed by atoms with Gasteiger partial charge in [0.15, 0.2) is 0 Å². The highest BCUT2D eigenvalue weighted by Crippen LogP contribution is 2.25. The number of halogens is 1. The smallest absolute Gasteiger partial charge is 0.246 e. The van der Waals surface area contributed by atoms with Gasteiger partial charge in [-0.2, -0.15) is 4.98 Å². The van der Waals surface area contributed by atoms with Crippen molar-refractivity contribution in [3.8, 4) is 11.4 Å². The topological polar surface area (TPSA) is 64.9 Å². The Hall–Kier alpha value is -1.20. The van der Waals surface area contributed by atoms with E-state index in [1.54, 1.807) is 0 Å². The summed E-state index contributed by atoms with van der Waals surface area (Å²) in [5.41, 5.74) is 6.52. The standard InChI is InChI=1S/C13H16BrN3O/c1-3-8-13(2,15)12-16-11(17-18-12)9-4-6-10(14)7-5-9/h4-7H,3,8,15H2,1-2H3. The molecule has 0 bridgehead atoms. The minimum absolute atomic E-state index is 0.488. The maximum absolute atomic E-state index is 6.16. The van der Waals surface area contributed by atoms with Gasteiger partial charge < -0.3 is 10.3 Å². The molecule has 96 valence electrons. The lowest BCUT2D eigenvalue weighted by Crippen LogP contribution is -2.33. The monoisotopic (exact) mass is 309 g/mol. The van der Waals surface area contributed by atoms with Gasteiger partial charge in [-0.1, -0.05) is 34.4 Å². The molecule has 2 aromatic rings. The third kappa shape index (κ3) is 2.79. The van der Waals surface area contributed by atoms with Gasteiger partial charge in [-0.05, 0) is 37.6 Å². The molecule has 0 aliphatic heterocycles. The quantitative estimate of drug-likeness (QED) is 0.939. The summed E-state index contributed by atoms with van der Waals surface area (Å²) in [6.45, 7) is 3.99. The number of rotatable bonds is 4. The molecule has 0 fully saturated rings. The number of aromatic nitrogens is 2. The second kappa shape index (κ2) is 5.20. The molecule has 1 unspecified atom stereocenters. The molecule has 0 saturated carbocycles. The van der Waals surface area contributed by atoms with E-state index >= 15 is 0 Å². The lowest BCUT2D eigenvalue weighted by atomic mass is 9.98. The Bertz CT molecular complexity index is 519. The number of hydrogen-bond donors (Lipinski definition) is 1. The third-order valence-corrected chi connectivity index (χ3v) is 3.32. The second-order valence-electron chi connectivity index (χ2n) is 4.60. The van der Waals surface area contributed by atoms with Crippen molar-refractivity contribution in [1.82, 2.24) is 10.1 Å². The van der Waals surface area contributed by atoms with Crippen molar-refractivity contribution in [2.24, 2.45) is 5.73 Å². The van der Waals surface area contributed by atoms with Gasteiger partial charge in [0.1, 0.15) is 0 Å². The van der Waals surface area contributed by atoms with Crippen molar-refractivity contribution in [3.63, 3.8) is 0 Å². The fourth-order valence-corrected chi connectivity index (χ4v) is 2.06. The second-order valence-corrected chi connectivity index (χ2v) is 5.51. The number of nitrogens with zero attached hydrogens (tertiary/aromatic N) is 2. The van der Waals surface area contributed by atoms with E-state index in [4.69, 9.17) is 10.3 Å². The Kier molecular flexibility index (Phi) is 3.82. The van der Waals surface area contributed by atoms with Gasteiger partial charge in [-0.25, -0.2) is 0 Å². The Morgan fingerprint density at radius 1 is 1.33 bits per heavy atom. The maximum Gasteiger partial charge on any atom is 0.246 e. The average molecular weight is 310 g/mol. The van der Waals surface area contributed by atoms with Crippen LogP contribution >= 0.6 is 15.9 Å². The van der Waals surface area contributed by atoms with E-state index in [0.717, 1.165) is 22.9 Å². The first-order chi connectivity index (χ1) is 8.53. The van der Waals surface area contributed by atoms with Gasteiger partial charge in [0, 0.05) is 10.0 Å². The largest absolute Gasteiger partial charge is 0.337 e. The Morgan fingerprint density at radius 3 is 2.61 bits per heavy atom. The van der Waals surface area contributed by atoms with Crippen LogP contribution in [-0.4, -0.2) is 10.1 Å². The summed E-state index contributed by atoms with van der Waals surface area (Å²) in [6.07, 6.45) is 1.79. The summed E-state index contributed by atoms with van der Waals surface area (Å²) in [5.74, 6) is 1.06. The molecule has 0 aliphatic rings. The summed E-state index contributed by atoms with van der Waals surface area (Å²) >= 11 is 3.39. The van der Waals surface area contributed by atoms with Crippen molar-refractivity contribution in [3.05, 3.63) is 34.6 Å².